The zero-order valence-corrected chi connectivity index (χ0v) is 11.0. The Hall–Kier alpha value is -1.17. The van der Waals surface area contributed by atoms with Gasteiger partial charge in [-0.1, -0.05) is 12.1 Å². The summed E-state index contributed by atoms with van der Waals surface area (Å²) in [6.07, 6.45) is 0. The summed E-state index contributed by atoms with van der Waals surface area (Å²) in [5.41, 5.74) is 1.87. The van der Waals surface area contributed by atoms with Gasteiger partial charge in [0.2, 0.25) is 0 Å². The highest BCUT2D eigenvalue weighted by Crippen LogP contribution is 2.07. The van der Waals surface area contributed by atoms with Crippen LogP contribution in [0.15, 0.2) is 41.2 Å². The van der Waals surface area contributed by atoms with Crippen LogP contribution in [0.5, 0.6) is 0 Å². The van der Waals surface area contributed by atoms with Gasteiger partial charge in [0.15, 0.2) is 0 Å². The molecule has 0 fully saturated rings. The molecule has 0 N–H and O–H groups in total. The second kappa shape index (κ2) is 4.78. The highest BCUT2D eigenvalue weighted by molar-refractivity contribution is 14.1. The molecule has 16 heavy (non-hydrogen) atoms. The van der Waals surface area contributed by atoms with Crippen molar-refractivity contribution in [2.45, 2.75) is 13.5 Å². The van der Waals surface area contributed by atoms with Crippen LogP contribution in [0.3, 0.4) is 0 Å². The van der Waals surface area contributed by atoms with E-state index in [9.17, 15) is 4.79 Å². The smallest absolute Gasteiger partial charge is 0.267 e. The number of rotatable bonds is 2. The summed E-state index contributed by atoms with van der Waals surface area (Å²) >= 11 is 2.26. The van der Waals surface area contributed by atoms with Gasteiger partial charge in [-0.2, -0.15) is 5.10 Å². The van der Waals surface area contributed by atoms with Gasteiger partial charge in [0.1, 0.15) is 0 Å². The molecule has 82 valence electrons. The topological polar surface area (TPSA) is 34.9 Å². The van der Waals surface area contributed by atoms with Gasteiger partial charge >= 0.3 is 0 Å². The third kappa shape index (κ3) is 2.69. The maximum absolute atomic E-state index is 11.5. The standard InChI is InChI=1S/C12H11IN2O/c1-9-2-7-12(16)15(14-9)8-10-3-5-11(13)6-4-10/h2-7H,8H2,1H3. The normalized spacial score (nSPS) is 10.4. The van der Waals surface area contributed by atoms with Crippen LogP contribution in [-0.2, 0) is 6.54 Å². The van der Waals surface area contributed by atoms with Gasteiger partial charge in [0.25, 0.3) is 5.56 Å². The summed E-state index contributed by atoms with van der Waals surface area (Å²) in [5.74, 6) is 0. The van der Waals surface area contributed by atoms with E-state index >= 15 is 0 Å². The van der Waals surface area contributed by atoms with Gasteiger partial charge in [-0.3, -0.25) is 4.79 Å². The summed E-state index contributed by atoms with van der Waals surface area (Å²) < 4.78 is 2.67. The van der Waals surface area contributed by atoms with E-state index in [1.165, 1.54) is 8.25 Å². The zero-order chi connectivity index (χ0) is 11.5. The Balaban J connectivity index is 2.30. The average Bonchev–Trinajstić information content (AvgIpc) is 2.27. The van der Waals surface area contributed by atoms with Crippen molar-refractivity contribution in [1.82, 2.24) is 9.78 Å². The summed E-state index contributed by atoms with van der Waals surface area (Å²) in [6.45, 7) is 2.40. The minimum absolute atomic E-state index is 0.0656. The molecular formula is C12H11IN2O. The molecule has 0 saturated carbocycles. The number of benzene rings is 1. The molecule has 0 amide bonds. The molecule has 4 heteroatoms. The fourth-order valence-electron chi connectivity index (χ4n) is 1.43. The van der Waals surface area contributed by atoms with Gasteiger partial charge < -0.3 is 0 Å². The molecule has 0 aliphatic heterocycles. The van der Waals surface area contributed by atoms with Crippen LogP contribution < -0.4 is 5.56 Å². The van der Waals surface area contributed by atoms with Crippen LogP contribution in [0.4, 0.5) is 0 Å². The zero-order valence-electron chi connectivity index (χ0n) is 8.85. The number of hydrogen-bond acceptors (Lipinski definition) is 2. The lowest BCUT2D eigenvalue weighted by atomic mass is 10.2. The van der Waals surface area contributed by atoms with Crippen molar-refractivity contribution < 1.29 is 0 Å². The van der Waals surface area contributed by atoms with E-state index in [0.717, 1.165) is 11.3 Å². The summed E-state index contributed by atoms with van der Waals surface area (Å²) in [4.78, 5) is 11.5. The molecule has 1 aromatic heterocycles. The van der Waals surface area contributed by atoms with Crippen molar-refractivity contribution in [2.75, 3.05) is 0 Å². The first-order valence-corrected chi connectivity index (χ1v) is 6.02. The Morgan fingerprint density at radius 2 is 1.88 bits per heavy atom. The first-order chi connectivity index (χ1) is 7.65. The number of nitrogens with zero attached hydrogens (tertiary/aromatic N) is 2. The first kappa shape index (κ1) is 11.3. The number of aromatic nitrogens is 2. The highest BCUT2D eigenvalue weighted by atomic mass is 127. The maximum atomic E-state index is 11.5. The second-order valence-corrected chi connectivity index (χ2v) is 4.84. The second-order valence-electron chi connectivity index (χ2n) is 3.60. The van der Waals surface area contributed by atoms with Gasteiger partial charge in [-0.05, 0) is 53.3 Å². The van der Waals surface area contributed by atoms with Crippen molar-refractivity contribution in [1.29, 1.82) is 0 Å². The van der Waals surface area contributed by atoms with Gasteiger partial charge in [-0.25, -0.2) is 4.68 Å². The SMILES string of the molecule is Cc1ccc(=O)n(Cc2ccc(I)cc2)n1. The van der Waals surface area contributed by atoms with E-state index in [4.69, 9.17) is 0 Å². The van der Waals surface area contributed by atoms with E-state index < -0.39 is 0 Å². The molecule has 0 aliphatic rings. The fraction of sp³-hybridized carbons (Fsp3) is 0.167. The van der Waals surface area contributed by atoms with Crippen molar-refractivity contribution in [3.05, 3.63) is 61.6 Å². The summed E-state index contributed by atoms with van der Waals surface area (Å²) in [5, 5.41) is 4.19. The molecule has 3 nitrogen and oxygen atoms in total. The number of halogens is 1. The van der Waals surface area contributed by atoms with Crippen LogP contribution >= 0.6 is 22.6 Å². The Bertz CT molecular complexity index is 546. The first-order valence-electron chi connectivity index (χ1n) is 4.94. The largest absolute Gasteiger partial charge is 0.268 e. The molecule has 2 rings (SSSR count). The molecular weight excluding hydrogens is 315 g/mol. The molecule has 0 bridgehead atoms. The molecule has 0 unspecified atom stereocenters. The molecule has 0 radical (unpaired) electrons. The number of aryl methyl sites for hydroxylation is 1. The maximum Gasteiger partial charge on any atom is 0.267 e. The lowest BCUT2D eigenvalue weighted by molar-refractivity contribution is 0.628. The van der Waals surface area contributed by atoms with E-state index in [-0.39, 0.29) is 5.56 Å². The fourth-order valence-corrected chi connectivity index (χ4v) is 1.79. The average molecular weight is 326 g/mol. The molecule has 0 spiro atoms. The van der Waals surface area contributed by atoms with Crippen molar-refractivity contribution in [3.63, 3.8) is 0 Å². The molecule has 2 aromatic rings. The van der Waals surface area contributed by atoms with Gasteiger partial charge in [0, 0.05) is 9.64 Å². The molecule has 0 aliphatic carbocycles. The quantitative estimate of drug-likeness (QED) is 0.793. The Morgan fingerprint density at radius 3 is 2.56 bits per heavy atom. The predicted octanol–water partition coefficient (Wildman–Crippen LogP) is 2.20. The summed E-state index contributed by atoms with van der Waals surface area (Å²) in [6, 6.07) is 11.4. The molecule has 0 atom stereocenters. The van der Waals surface area contributed by atoms with Crippen molar-refractivity contribution in [2.24, 2.45) is 0 Å². The molecule has 1 heterocycles. The third-order valence-corrected chi connectivity index (χ3v) is 2.96. The monoisotopic (exact) mass is 326 g/mol. The minimum Gasteiger partial charge on any atom is -0.268 e. The lowest BCUT2D eigenvalue weighted by Crippen LogP contribution is -2.22. The summed E-state index contributed by atoms with van der Waals surface area (Å²) in [7, 11) is 0. The third-order valence-electron chi connectivity index (χ3n) is 2.25. The minimum atomic E-state index is -0.0656. The molecule has 0 saturated heterocycles. The van der Waals surface area contributed by atoms with Crippen LogP contribution in [0.1, 0.15) is 11.3 Å². The van der Waals surface area contributed by atoms with Crippen LogP contribution in [0.25, 0.3) is 0 Å². The van der Waals surface area contributed by atoms with E-state index in [0.29, 0.717) is 6.54 Å². The van der Waals surface area contributed by atoms with Crippen LogP contribution in [-0.4, -0.2) is 9.78 Å². The van der Waals surface area contributed by atoms with Crippen molar-refractivity contribution in [3.8, 4) is 0 Å². The Labute approximate surface area is 107 Å². The van der Waals surface area contributed by atoms with Crippen LogP contribution in [0, 0.1) is 10.5 Å². The van der Waals surface area contributed by atoms with Crippen LogP contribution in [0.2, 0.25) is 0 Å². The predicted molar refractivity (Wildman–Crippen MR) is 71.5 cm³/mol. The Kier molecular flexibility index (Phi) is 3.38. The number of hydrogen-bond donors (Lipinski definition) is 0. The van der Waals surface area contributed by atoms with Crippen molar-refractivity contribution >= 4 is 22.6 Å². The molecule has 1 aromatic carbocycles. The van der Waals surface area contributed by atoms with Gasteiger partial charge in [-0.15, -0.1) is 0 Å². The van der Waals surface area contributed by atoms with Gasteiger partial charge in [0.05, 0.1) is 12.2 Å². The van der Waals surface area contributed by atoms with E-state index in [1.54, 1.807) is 12.1 Å². The highest BCUT2D eigenvalue weighted by Gasteiger charge is 1.99. The van der Waals surface area contributed by atoms with E-state index in [1.807, 2.05) is 31.2 Å². The lowest BCUT2D eigenvalue weighted by Gasteiger charge is -2.05. The Morgan fingerprint density at radius 1 is 1.19 bits per heavy atom. The van der Waals surface area contributed by atoms with E-state index in [2.05, 4.69) is 27.7 Å².